The standard InChI is InChI=1S/C16H21BrCl2N2O4S/c1-3-6-25-10-7-13(16(22)20-2)21(9-10)26(23,24)14-5-4-12(18)11(8-17)15(14)19/h4-5,10,13H,3,6-9H2,1-2H3,(H,20,22)/t10-,13+/m1/s1. The molecule has 1 N–H and O–H groups in total. The molecule has 0 radical (unpaired) electrons. The minimum Gasteiger partial charge on any atom is -0.377 e. The number of rotatable bonds is 7. The van der Waals surface area contributed by atoms with Gasteiger partial charge in [0.2, 0.25) is 15.9 Å². The molecule has 2 rings (SSSR count). The van der Waals surface area contributed by atoms with Gasteiger partial charge in [-0.1, -0.05) is 46.1 Å². The van der Waals surface area contributed by atoms with Crippen molar-refractivity contribution in [3.05, 3.63) is 27.7 Å². The van der Waals surface area contributed by atoms with Crippen molar-refractivity contribution in [1.82, 2.24) is 9.62 Å². The Morgan fingerprint density at radius 2 is 2.12 bits per heavy atom. The maximum absolute atomic E-state index is 13.2. The van der Waals surface area contributed by atoms with Gasteiger partial charge in [0.15, 0.2) is 0 Å². The van der Waals surface area contributed by atoms with Crippen LogP contribution in [0.4, 0.5) is 0 Å². The number of benzene rings is 1. The lowest BCUT2D eigenvalue weighted by molar-refractivity contribution is -0.123. The molecule has 1 fully saturated rings. The van der Waals surface area contributed by atoms with Crippen molar-refractivity contribution < 1.29 is 17.9 Å². The van der Waals surface area contributed by atoms with E-state index < -0.39 is 16.1 Å². The number of amides is 1. The van der Waals surface area contributed by atoms with Crippen LogP contribution in [0.25, 0.3) is 0 Å². The second-order valence-corrected chi connectivity index (χ2v) is 9.11. The largest absolute Gasteiger partial charge is 0.377 e. The van der Waals surface area contributed by atoms with Crippen LogP contribution in [0.15, 0.2) is 17.0 Å². The molecular weight excluding hydrogens is 467 g/mol. The molecular formula is C16H21BrCl2N2O4S. The Hall–Kier alpha value is -0.380. The molecule has 1 aliphatic rings. The van der Waals surface area contributed by atoms with Gasteiger partial charge in [-0.2, -0.15) is 4.31 Å². The topological polar surface area (TPSA) is 75.7 Å². The van der Waals surface area contributed by atoms with Crippen LogP contribution in [0.5, 0.6) is 0 Å². The summed E-state index contributed by atoms with van der Waals surface area (Å²) in [5.41, 5.74) is 0.490. The molecule has 2 atom stereocenters. The third kappa shape index (κ3) is 4.36. The molecule has 1 aromatic rings. The van der Waals surface area contributed by atoms with Crippen LogP contribution in [0.1, 0.15) is 25.3 Å². The first-order valence-electron chi connectivity index (χ1n) is 8.15. The first kappa shape index (κ1) is 21.9. The van der Waals surface area contributed by atoms with Crippen molar-refractivity contribution in [3.63, 3.8) is 0 Å². The zero-order chi connectivity index (χ0) is 19.5. The van der Waals surface area contributed by atoms with Crippen LogP contribution < -0.4 is 5.32 Å². The lowest BCUT2D eigenvalue weighted by Crippen LogP contribution is -2.44. The van der Waals surface area contributed by atoms with Crippen LogP contribution in [0.2, 0.25) is 10.0 Å². The van der Waals surface area contributed by atoms with Gasteiger partial charge >= 0.3 is 0 Å². The average Bonchev–Trinajstić information content (AvgIpc) is 3.04. The number of likely N-dealkylation sites (N-methyl/N-ethyl adjacent to an activating group) is 1. The Labute approximate surface area is 172 Å². The number of alkyl halides is 1. The number of ether oxygens (including phenoxy) is 1. The molecule has 10 heteroatoms. The first-order valence-corrected chi connectivity index (χ1v) is 11.5. The molecule has 26 heavy (non-hydrogen) atoms. The van der Waals surface area contributed by atoms with Gasteiger partial charge in [0.1, 0.15) is 10.9 Å². The molecule has 0 spiro atoms. The predicted octanol–water partition coefficient (Wildman–Crippen LogP) is 3.19. The SMILES string of the molecule is CCCO[C@@H]1C[C@@H](C(=O)NC)N(S(=O)(=O)c2ccc(Cl)c(CBr)c2Cl)C1. The Balaban J connectivity index is 2.43. The van der Waals surface area contributed by atoms with E-state index >= 15 is 0 Å². The van der Waals surface area contributed by atoms with Gasteiger partial charge < -0.3 is 10.1 Å². The summed E-state index contributed by atoms with van der Waals surface area (Å²) in [5, 5.41) is 3.27. The summed E-state index contributed by atoms with van der Waals surface area (Å²) in [6, 6.07) is 2.02. The Bertz CT molecular complexity index is 776. The quantitative estimate of drug-likeness (QED) is 0.599. The number of carbonyl (C=O) groups excluding carboxylic acids is 1. The molecule has 6 nitrogen and oxygen atoms in total. The predicted molar refractivity (Wildman–Crippen MR) is 105 cm³/mol. The molecule has 0 bridgehead atoms. The van der Waals surface area contributed by atoms with Crippen molar-refractivity contribution in [3.8, 4) is 0 Å². The van der Waals surface area contributed by atoms with Gasteiger partial charge in [-0.05, 0) is 18.6 Å². The van der Waals surface area contributed by atoms with E-state index in [9.17, 15) is 13.2 Å². The Morgan fingerprint density at radius 3 is 2.69 bits per heavy atom. The molecule has 0 aromatic heterocycles. The molecule has 0 aliphatic carbocycles. The van der Waals surface area contributed by atoms with E-state index in [1.807, 2.05) is 6.92 Å². The van der Waals surface area contributed by atoms with Crippen molar-refractivity contribution in [2.75, 3.05) is 20.2 Å². The third-order valence-electron chi connectivity index (χ3n) is 4.19. The summed E-state index contributed by atoms with van der Waals surface area (Å²) in [6.07, 6.45) is 0.773. The fourth-order valence-electron chi connectivity index (χ4n) is 2.87. The molecule has 1 aliphatic heterocycles. The van der Waals surface area contributed by atoms with Crippen LogP contribution in [0.3, 0.4) is 0 Å². The van der Waals surface area contributed by atoms with Gasteiger partial charge in [0, 0.05) is 42.5 Å². The van der Waals surface area contributed by atoms with E-state index in [0.717, 1.165) is 6.42 Å². The lowest BCUT2D eigenvalue weighted by Gasteiger charge is -2.23. The Morgan fingerprint density at radius 1 is 1.42 bits per heavy atom. The highest BCUT2D eigenvalue weighted by Gasteiger charge is 2.44. The van der Waals surface area contributed by atoms with E-state index in [4.69, 9.17) is 27.9 Å². The molecule has 1 heterocycles. The normalized spacial score (nSPS) is 21.1. The maximum Gasteiger partial charge on any atom is 0.245 e. The minimum atomic E-state index is -4.00. The summed E-state index contributed by atoms with van der Waals surface area (Å²) in [5.74, 6) is -0.373. The molecule has 0 saturated carbocycles. The summed E-state index contributed by atoms with van der Waals surface area (Å²) >= 11 is 15.7. The molecule has 146 valence electrons. The van der Waals surface area contributed by atoms with Gasteiger partial charge in [0.25, 0.3) is 0 Å². The number of nitrogens with one attached hydrogen (secondary N) is 1. The van der Waals surface area contributed by atoms with Crippen molar-refractivity contribution in [2.24, 2.45) is 0 Å². The average molecular weight is 488 g/mol. The molecule has 1 saturated heterocycles. The second kappa shape index (κ2) is 9.21. The monoisotopic (exact) mass is 486 g/mol. The Kier molecular flexibility index (Phi) is 7.76. The first-order chi connectivity index (χ1) is 12.3. The van der Waals surface area contributed by atoms with Gasteiger partial charge in [0.05, 0.1) is 11.1 Å². The second-order valence-electron chi connectivity index (χ2n) is 5.90. The van der Waals surface area contributed by atoms with E-state index in [1.54, 1.807) is 0 Å². The number of sulfonamides is 1. The highest BCUT2D eigenvalue weighted by Crippen LogP contribution is 2.36. The van der Waals surface area contributed by atoms with E-state index in [2.05, 4.69) is 21.2 Å². The fraction of sp³-hybridized carbons (Fsp3) is 0.562. The van der Waals surface area contributed by atoms with Crippen LogP contribution in [-0.4, -0.2) is 51.0 Å². The number of hydrogen-bond donors (Lipinski definition) is 1. The summed E-state index contributed by atoms with van der Waals surface area (Å²) in [6.45, 7) is 2.58. The minimum absolute atomic E-state index is 0.0583. The van der Waals surface area contributed by atoms with Crippen LogP contribution in [-0.2, 0) is 24.9 Å². The van der Waals surface area contributed by atoms with E-state index in [1.165, 1.54) is 23.5 Å². The van der Waals surface area contributed by atoms with E-state index in [-0.39, 0.29) is 28.5 Å². The highest BCUT2D eigenvalue weighted by atomic mass is 79.9. The van der Waals surface area contributed by atoms with Gasteiger partial charge in [-0.15, -0.1) is 0 Å². The zero-order valence-electron chi connectivity index (χ0n) is 14.5. The van der Waals surface area contributed by atoms with Crippen LogP contribution in [0, 0.1) is 0 Å². The number of hydrogen-bond acceptors (Lipinski definition) is 4. The fourth-order valence-corrected chi connectivity index (χ4v) is 6.29. The van der Waals surface area contributed by atoms with E-state index in [0.29, 0.717) is 28.9 Å². The van der Waals surface area contributed by atoms with Crippen molar-refractivity contribution in [1.29, 1.82) is 0 Å². The highest BCUT2D eigenvalue weighted by molar-refractivity contribution is 9.08. The number of halogens is 3. The molecule has 1 amide bonds. The summed E-state index contributed by atoms with van der Waals surface area (Å²) in [7, 11) is -2.52. The van der Waals surface area contributed by atoms with Gasteiger partial charge in [-0.25, -0.2) is 8.42 Å². The number of nitrogens with zero attached hydrogens (tertiary/aromatic N) is 1. The number of carbonyl (C=O) groups is 1. The summed E-state index contributed by atoms with van der Waals surface area (Å²) < 4.78 is 33.3. The third-order valence-corrected chi connectivity index (χ3v) is 7.57. The summed E-state index contributed by atoms with van der Waals surface area (Å²) in [4.78, 5) is 12.2. The molecule has 1 aromatic carbocycles. The smallest absolute Gasteiger partial charge is 0.245 e. The van der Waals surface area contributed by atoms with Crippen molar-refractivity contribution in [2.45, 2.75) is 42.1 Å². The van der Waals surface area contributed by atoms with Crippen LogP contribution >= 0.6 is 39.1 Å². The molecule has 0 unspecified atom stereocenters. The maximum atomic E-state index is 13.2. The van der Waals surface area contributed by atoms with Crippen molar-refractivity contribution >= 4 is 55.1 Å². The van der Waals surface area contributed by atoms with Gasteiger partial charge in [-0.3, -0.25) is 4.79 Å². The lowest BCUT2D eigenvalue weighted by atomic mass is 10.2. The zero-order valence-corrected chi connectivity index (χ0v) is 18.4.